The summed E-state index contributed by atoms with van der Waals surface area (Å²) in [5.41, 5.74) is 7.63. The molecular formula is C13H18FN3O. The van der Waals surface area contributed by atoms with Crippen LogP contribution >= 0.6 is 0 Å². The monoisotopic (exact) mass is 251 g/mol. The summed E-state index contributed by atoms with van der Waals surface area (Å²) in [4.78, 5) is 3.98. The molecule has 1 atom stereocenters. The minimum atomic E-state index is -0.483. The summed E-state index contributed by atoms with van der Waals surface area (Å²) < 4.78 is 14.2. The number of nitrogens with zero attached hydrogens (tertiary/aromatic N) is 2. The summed E-state index contributed by atoms with van der Waals surface area (Å²) in [5, 5.41) is 7.00. The van der Waals surface area contributed by atoms with Crippen LogP contribution < -0.4 is 5.73 Å². The van der Waals surface area contributed by atoms with E-state index in [0.29, 0.717) is 6.42 Å². The van der Waals surface area contributed by atoms with Gasteiger partial charge in [-0.15, -0.1) is 0 Å². The van der Waals surface area contributed by atoms with Crippen LogP contribution in [0, 0.1) is 0 Å². The fourth-order valence-corrected chi connectivity index (χ4v) is 1.57. The molecule has 0 saturated carbocycles. The van der Waals surface area contributed by atoms with E-state index in [4.69, 9.17) is 10.8 Å². The molecule has 1 aromatic heterocycles. The van der Waals surface area contributed by atoms with Crippen LogP contribution in [0.15, 0.2) is 43.0 Å². The lowest BCUT2D eigenvalue weighted by Gasteiger charge is -2.08. The first-order chi connectivity index (χ1) is 8.79. The highest BCUT2D eigenvalue weighted by Gasteiger charge is 2.03. The van der Waals surface area contributed by atoms with Crippen molar-refractivity contribution in [3.8, 4) is 5.69 Å². The highest BCUT2D eigenvalue weighted by molar-refractivity contribution is 5.34. The Balaban J connectivity index is 0.000000771. The molecule has 18 heavy (non-hydrogen) atoms. The van der Waals surface area contributed by atoms with Gasteiger partial charge in [0, 0.05) is 31.2 Å². The lowest BCUT2D eigenvalue weighted by atomic mass is 10.1. The van der Waals surface area contributed by atoms with Crippen molar-refractivity contribution in [1.29, 1.82) is 0 Å². The van der Waals surface area contributed by atoms with Crippen LogP contribution in [0.2, 0.25) is 0 Å². The topological polar surface area (TPSA) is 64.1 Å². The first kappa shape index (κ1) is 14.3. The summed E-state index contributed by atoms with van der Waals surface area (Å²) in [6.45, 7) is -0.483. The number of alkyl halides is 1. The average Bonchev–Trinajstić information content (AvgIpc) is 2.96. The Hall–Kier alpha value is -1.72. The largest absolute Gasteiger partial charge is 0.400 e. The fourth-order valence-electron chi connectivity index (χ4n) is 1.57. The molecule has 3 N–H and O–H groups in total. The van der Waals surface area contributed by atoms with Crippen molar-refractivity contribution in [3.05, 3.63) is 48.5 Å². The third kappa shape index (κ3) is 3.94. The highest BCUT2D eigenvalue weighted by Crippen LogP contribution is 2.10. The molecule has 98 valence electrons. The number of nitrogens with two attached hydrogens (primary N) is 1. The number of hydrogen-bond acceptors (Lipinski definition) is 3. The molecule has 0 aliphatic rings. The molecule has 1 heterocycles. The molecular weight excluding hydrogens is 233 g/mol. The summed E-state index contributed by atoms with van der Waals surface area (Å²) in [6, 6.07) is 7.47. The van der Waals surface area contributed by atoms with Gasteiger partial charge in [-0.2, -0.15) is 0 Å². The molecule has 0 spiro atoms. The second kappa shape index (κ2) is 7.58. The van der Waals surface area contributed by atoms with Gasteiger partial charge in [-0.05, 0) is 24.1 Å². The number of halogens is 1. The van der Waals surface area contributed by atoms with Crippen molar-refractivity contribution in [2.24, 2.45) is 5.73 Å². The zero-order chi connectivity index (χ0) is 13.4. The molecule has 1 unspecified atom stereocenters. The van der Waals surface area contributed by atoms with Gasteiger partial charge in [-0.3, -0.25) is 0 Å². The molecule has 0 aliphatic carbocycles. The third-order valence-corrected chi connectivity index (χ3v) is 2.43. The molecule has 2 aromatic rings. The van der Waals surface area contributed by atoms with Crippen molar-refractivity contribution in [2.45, 2.75) is 12.5 Å². The third-order valence-electron chi connectivity index (χ3n) is 2.43. The number of aliphatic hydroxyl groups is 1. The minimum Gasteiger partial charge on any atom is -0.400 e. The van der Waals surface area contributed by atoms with Gasteiger partial charge in [0.25, 0.3) is 0 Å². The average molecular weight is 251 g/mol. The standard InChI is InChI=1S/C12H14FN3.CH4O/c13-8-11(14)7-10-1-3-12(4-2-10)16-6-5-15-9-16;1-2/h1-6,9,11H,7-8,14H2;2H,1H3. The molecule has 0 aliphatic heterocycles. The van der Waals surface area contributed by atoms with E-state index in [9.17, 15) is 4.39 Å². The molecule has 0 bridgehead atoms. The highest BCUT2D eigenvalue weighted by atomic mass is 19.1. The zero-order valence-corrected chi connectivity index (χ0v) is 10.3. The van der Waals surface area contributed by atoms with E-state index in [1.54, 1.807) is 12.5 Å². The van der Waals surface area contributed by atoms with Crippen LogP contribution in [0.5, 0.6) is 0 Å². The fraction of sp³-hybridized carbons (Fsp3) is 0.308. The van der Waals surface area contributed by atoms with Crippen LogP contribution in [-0.2, 0) is 6.42 Å². The smallest absolute Gasteiger partial charge is 0.105 e. The maximum Gasteiger partial charge on any atom is 0.105 e. The Morgan fingerprint density at radius 3 is 2.50 bits per heavy atom. The van der Waals surface area contributed by atoms with Crippen LogP contribution in [0.4, 0.5) is 4.39 Å². The zero-order valence-electron chi connectivity index (χ0n) is 10.3. The lowest BCUT2D eigenvalue weighted by Crippen LogP contribution is -2.24. The van der Waals surface area contributed by atoms with Crippen molar-refractivity contribution in [2.75, 3.05) is 13.8 Å². The predicted octanol–water partition coefficient (Wildman–Crippen LogP) is 1.32. The van der Waals surface area contributed by atoms with Gasteiger partial charge in [0.15, 0.2) is 0 Å². The Labute approximate surface area is 106 Å². The van der Waals surface area contributed by atoms with Gasteiger partial charge in [-0.1, -0.05) is 12.1 Å². The first-order valence-electron chi connectivity index (χ1n) is 5.63. The van der Waals surface area contributed by atoms with Crippen LogP contribution in [0.3, 0.4) is 0 Å². The van der Waals surface area contributed by atoms with Gasteiger partial charge < -0.3 is 15.4 Å². The van der Waals surface area contributed by atoms with Gasteiger partial charge in [0.2, 0.25) is 0 Å². The Morgan fingerprint density at radius 1 is 1.33 bits per heavy atom. The van der Waals surface area contributed by atoms with Crippen LogP contribution in [0.25, 0.3) is 5.69 Å². The van der Waals surface area contributed by atoms with E-state index in [1.165, 1.54) is 0 Å². The minimum absolute atomic E-state index is 0.404. The van der Waals surface area contributed by atoms with Crippen molar-refractivity contribution in [1.82, 2.24) is 9.55 Å². The van der Waals surface area contributed by atoms with E-state index in [-0.39, 0.29) is 0 Å². The summed E-state index contributed by atoms with van der Waals surface area (Å²) >= 11 is 0. The van der Waals surface area contributed by atoms with Crippen molar-refractivity contribution in [3.63, 3.8) is 0 Å². The molecule has 1 aromatic carbocycles. The molecule has 0 radical (unpaired) electrons. The van der Waals surface area contributed by atoms with E-state index in [0.717, 1.165) is 18.4 Å². The number of aromatic nitrogens is 2. The van der Waals surface area contributed by atoms with Gasteiger partial charge in [0.1, 0.15) is 6.67 Å². The number of hydrogen-bond donors (Lipinski definition) is 2. The maximum atomic E-state index is 12.2. The van der Waals surface area contributed by atoms with E-state index >= 15 is 0 Å². The second-order valence-corrected chi connectivity index (χ2v) is 3.75. The molecule has 5 heteroatoms. The van der Waals surface area contributed by atoms with Gasteiger partial charge in [-0.25, -0.2) is 9.37 Å². The lowest BCUT2D eigenvalue weighted by molar-refractivity contribution is 0.399. The van der Waals surface area contributed by atoms with Crippen molar-refractivity contribution >= 4 is 0 Å². The van der Waals surface area contributed by atoms with Gasteiger partial charge >= 0.3 is 0 Å². The Bertz CT molecular complexity index is 428. The SMILES string of the molecule is CO.NC(CF)Cc1ccc(-n2ccnc2)cc1. The van der Waals surface area contributed by atoms with Crippen molar-refractivity contribution < 1.29 is 9.50 Å². The van der Waals surface area contributed by atoms with Crippen LogP contribution in [0.1, 0.15) is 5.56 Å². The molecule has 0 saturated heterocycles. The molecule has 2 rings (SSSR count). The van der Waals surface area contributed by atoms with E-state index in [1.807, 2.05) is 35.0 Å². The molecule has 4 nitrogen and oxygen atoms in total. The molecule has 0 amide bonds. The summed E-state index contributed by atoms with van der Waals surface area (Å²) in [5.74, 6) is 0. The summed E-state index contributed by atoms with van der Waals surface area (Å²) in [6.07, 6.45) is 5.91. The van der Waals surface area contributed by atoms with Gasteiger partial charge in [0.05, 0.1) is 6.33 Å². The van der Waals surface area contributed by atoms with E-state index < -0.39 is 12.7 Å². The maximum absolute atomic E-state index is 12.2. The Kier molecular flexibility index (Phi) is 6.04. The normalized spacial score (nSPS) is 11.6. The van der Waals surface area contributed by atoms with E-state index in [2.05, 4.69) is 4.98 Å². The predicted molar refractivity (Wildman–Crippen MR) is 69.4 cm³/mol. The number of benzene rings is 1. The first-order valence-corrected chi connectivity index (χ1v) is 5.63. The number of rotatable bonds is 4. The quantitative estimate of drug-likeness (QED) is 0.861. The molecule has 0 fully saturated rings. The number of imidazole rings is 1. The second-order valence-electron chi connectivity index (χ2n) is 3.75. The number of aliphatic hydroxyl groups excluding tert-OH is 1. The Morgan fingerprint density at radius 2 is 2.00 bits per heavy atom. The summed E-state index contributed by atoms with van der Waals surface area (Å²) in [7, 11) is 1.00. The van der Waals surface area contributed by atoms with Crippen LogP contribution in [-0.4, -0.2) is 34.5 Å².